The van der Waals surface area contributed by atoms with Crippen molar-refractivity contribution in [2.24, 2.45) is 0 Å². The van der Waals surface area contributed by atoms with Gasteiger partial charge in [-0.05, 0) is 52.1 Å². The molecule has 3 heteroatoms. The van der Waals surface area contributed by atoms with Crippen molar-refractivity contribution >= 4 is 0 Å². The van der Waals surface area contributed by atoms with Gasteiger partial charge < -0.3 is 5.32 Å². The van der Waals surface area contributed by atoms with E-state index >= 15 is 0 Å². The van der Waals surface area contributed by atoms with Crippen molar-refractivity contribution in [1.82, 2.24) is 10.2 Å². The first-order valence-corrected chi connectivity index (χ1v) is 6.60. The van der Waals surface area contributed by atoms with Crippen LogP contribution in [0.25, 0.3) is 0 Å². The second-order valence-electron chi connectivity index (χ2n) is 5.26. The van der Waals surface area contributed by atoms with E-state index in [1.54, 1.807) is 0 Å². The maximum Gasteiger partial charge on any atom is 0.108 e. The summed E-state index contributed by atoms with van der Waals surface area (Å²) in [5.41, 5.74) is -0.259. The third-order valence-electron chi connectivity index (χ3n) is 4.27. The van der Waals surface area contributed by atoms with Gasteiger partial charge >= 0.3 is 0 Å². The molecule has 1 N–H and O–H groups in total. The van der Waals surface area contributed by atoms with Gasteiger partial charge in [0.2, 0.25) is 0 Å². The van der Waals surface area contributed by atoms with Crippen LogP contribution in [0.15, 0.2) is 0 Å². The molecule has 2 fully saturated rings. The molecule has 16 heavy (non-hydrogen) atoms. The van der Waals surface area contributed by atoms with Gasteiger partial charge in [0.05, 0.1) is 6.07 Å². The molecule has 2 aliphatic rings. The average molecular weight is 221 g/mol. The van der Waals surface area contributed by atoms with E-state index in [0.717, 1.165) is 25.4 Å². The summed E-state index contributed by atoms with van der Waals surface area (Å²) < 4.78 is 0. The zero-order chi connectivity index (χ0) is 11.6. The molecular weight excluding hydrogens is 198 g/mol. The Morgan fingerprint density at radius 3 is 2.62 bits per heavy atom. The molecule has 0 aromatic rings. The quantitative estimate of drug-likeness (QED) is 0.788. The highest BCUT2D eigenvalue weighted by Crippen LogP contribution is 2.36. The maximum absolute atomic E-state index is 9.34. The fourth-order valence-electron chi connectivity index (χ4n) is 3.13. The Morgan fingerprint density at radius 2 is 2.12 bits per heavy atom. The van der Waals surface area contributed by atoms with Gasteiger partial charge in [-0.15, -0.1) is 0 Å². The fourth-order valence-corrected chi connectivity index (χ4v) is 3.13. The monoisotopic (exact) mass is 221 g/mol. The van der Waals surface area contributed by atoms with Crippen molar-refractivity contribution in [3.05, 3.63) is 0 Å². The molecular formula is C13H23N3. The minimum atomic E-state index is -0.259. The molecule has 90 valence electrons. The van der Waals surface area contributed by atoms with Crippen LogP contribution in [0.1, 0.15) is 45.4 Å². The normalized spacial score (nSPS) is 35.0. The second kappa shape index (κ2) is 4.73. The highest BCUT2D eigenvalue weighted by Gasteiger charge is 2.40. The zero-order valence-corrected chi connectivity index (χ0v) is 10.5. The Morgan fingerprint density at radius 1 is 1.38 bits per heavy atom. The Bertz CT molecular complexity index is 279. The zero-order valence-electron chi connectivity index (χ0n) is 10.5. The van der Waals surface area contributed by atoms with Gasteiger partial charge in [-0.25, -0.2) is 0 Å². The summed E-state index contributed by atoms with van der Waals surface area (Å²) in [6.07, 6.45) is 7.20. The van der Waals surface area contributed by atoms with Crippen molar-refractivity contribution in [2.45, 2.75) is 63.1 Å². The van der Waals surface area contributed by atoms with Gasteiger partial charge in [-0.3, -0.25) is 4.90 Å². The number of nitrogens with one attached hydrogen (secondary N) is 1. The number of hydrogen-bond donors (Lipinski definition) is 1. The second-order valence-corrected chi connectivity index (χ2v) is 5.26. The molecule has 2 atom stereocenters. The highest BCUT2D eigenvalue weighted by atomic mass is 15.2. The summed E-state index contributed by atoms with van der Waals surface area (Å²) >= 11 is 0. The van der Waals surface area contributed by atoms with Crippen molar-refractivity contribution in [1.29, 1.82) is 5.26 Å². The van der Waals surface area contributed by atoms with E-state index in [4.69, 9.17) is 0 Å². The van der Waals surface area contributed by atoms with Crippen LogP contribution in [0.3, 0.4) is 0 Å². The molecule has 2 aliphatic carbocycles. The maximum atomic E-state index is 9.34. The molecule has 0 aliphatic heterocycles. The molecule has 2 unspecified atom stereocenters. The third kappa shape index (κ3) is 2.23. The summed E-state index contributed by atoms with van der Waals surface area (Å²) in [5.74, 6) is 0. The van der Waals surface area contributed by atoms with Crippen molar-refractivity contribution in [3.8, 4) is 6.07 Å². The van der Waals surface area contributed by atoms with E-state index in [-0.39, 0.29) is 5.54 Å². The first-order valence-electron chi connectivity index (χ1n) is 6.60. The Kier molecular flexibility index (Phi) is 3.51. The number of rotatable bonds is 4. The molecule has 2 saturated carbocycles. The van der Waals surface area contributed by atoms with Crippen LogP contribution in [0.4, 0.5) is 0 Å². The lowest BCUT2D eigenvalue weighted by Gasteiger charge is -2.41. The van der Waals surface area contributed by atoms with E-state index in [9.17, 15) is 5.26 Å². The molecule has 0 heterocycles. The lowest BCUT2D eigenvalue weighted by atomic mass is 9.79. The lowest BCUT2D eigenvalue weighted by Crippen LogP contribution is -2.52. The summed E-state index contributed by atoms with van der Waals surface area (Å²) in [6, 6.07) is 3.94. The van der Waals surface area contributed by atoms with E-state index in [0.29, 0.717) is 6.04 Å². The molecule has 2 rings (SSSR count). The number of nitrogens with zero attached hydrogens (tertiary/aromatic N) is 2. The molecule has 3 nitrogen and oxygen atoms in total. The van der Waals surface area contributed by atoms with Gasteiger partial charge in [0.1, 0.15) is 5.54 Å². The van der Waals surface area contributed by atoms with Crippen LogP contribution in [0, 0.1) is 11.3 Å². The van der Waals surface area contributed by atoms with Crippen LogP contribution in [0.5, 0.6) is 0 Å². The molecule has 0 bridgehead atoms. The SMILES string of the molecule is CCN(C1CC1)C1CCCC(C#N)(NC)C1. The minimum Gasteiger partial charge on any atom is -0.302 e. The highest BCUT2D eigenvalue weighted by molar-refractivity contribution is 5.11. The van der Waals surface area contributed by atoms with E-state index in [1.165, 1.54) is 25.7 Å². The number of hydrogen-bond acceptors (Lipinski definition) is 3. The van der Waals surface area contributed by atoms with Crippen LogP contribution in [-0.2, 0) is 0 Å². The first-order chi connectivity index (χ1) is 7.74. The van der Waals surface area contributed by atoms with Crippen LogP contribution < -0.4 is 5.32 Å². The van der Waals surface area contributed by atoms with Crippen molar-refractivity contribution in [2.75, 3.05) is 13.6 Å². The molecule has 0 saturated heterocycles. The van der Waals surface area contributed by atoms with Gasteiger partial charge in [-0.2, -0.15) is 5.26 Å². The summed E-state index contributed by atoms with van der Waals surface area (Å²) in [7, 11) is 1.93. The predicted molar refractivity (Wildman–Crippen MR) is 65.1 cm³/mol. The van der Waals surface area contributed by atoms with Crippen LogP contribution in [0.2, 0.25) is 0 Å². The van der Waals surface area contributed by atoms with E-state index in [1.807, 2.05) is 7.05 Å². The first kappa shape index (κ1) is 11.9. The molecule has 0 aromatic carbocycles. The van der Waals surface area contributed by atoms with Crippen molar-refractivity contribution in [3.63, 3.8) is 0 Å². The lowest BCUT2D eigenvalue weighted by molar-refractivity contribution is 0.121. The molecule has 0 aromatic heterocycles. The molecule has 0 radical (unpaired) electrons. The smallest absolute Gasteiger partial charge is 0.108 e. The van der Waals surface area contributed by atoms with Crippen molar-refractivity contribution < 1.29 is 0 Å². The van der Waals surface area contributed by atoms with Gasteiger partial charge in [0.25, 0.3) is 0 Å². The van der Waals surface area contributed by atoms with E-state index < -0.39 is 0 Å². The fraction of sp³-hybridized carbons (Fsp3) is 0.923. The topological polar surface area (TPSA) is 39.1 Å². The molecule has 0 spiro atoms. The van der Waals surface area contributed by atoms with Gasteiger partial charge in [-0.1, -0.05) is 6.92 Å². The van der Waals surface area contributed by atoms with Crippen LogP contribution >= 0.6 is 0 Å². The minimum absolute atomic E-state index is 0.259. The predicted octanol–water partition coefficient (Wildman–Crippen LogP) is 1.90. The average Bonchev–Trinajstić information content (AvgIpc) is 3.15. The third-order valence-corrected chi connectivity index (χ3v) is 4.27. The summed E-state index contributed by atoms with van der Waals surface area (Å²) in [4.78, 5) is 2.63. The molecule has 0 amide bonds. The van der Waals surface area contributed by atoms with Gasteiger partial charge in [0.15, 0.2) is 0 Å². The number of nitriles is 1. The Hall–Kier alpha value is -0.590. The summed E-state index contributed by atoms with van der Waals surface area (Å²) in [6.45, 7) is 3.39. The largest absolute Gasteiger partial charge is 0.302 e. The summed E-state index contributed by atoms with van der Waals surface area (Å²) in [5, 5.41) is 12.6. The Labute approximate surface area is 98.8 Å². The van der Waals surface area contributed by atoms with Crippen LogP contribution in [-0.4, -0.2) is 36.1 Å². The standard InChI is InChI=1S/C13H23N3/c1-3-16(11-6-7-11)12-5-4-8-13(9-12,10-14)15-2/h11-12,15H,3-9H2,1-2H3. The Balaban J connectivity index is 2.02. The van der Waals surface area contributed by atoms with E-state index in [2.05, 4.69) is 23.2 Å². The van der Waals surface area contributed by atoms with Gasteiger partial charge in [0, 0.05) is 12.1 Å².